The van der Waals surface area contributed by atoms with Crippen molar-refractivity contribution in [3.8, 4) is 0 Å². The van der Waals surface area contributed by atoms with Gasteiger partial charge in [0.05, 0.1) is 12.2 Å². The first-order valence-corrected chi connectivity index (χ1v) is 6.88. The molecule has 2 heterocycles. The van der Waals surface area contributed by atoms with Gasteiger partial charge in [-0.1, -0.05) is 18.5 Å². The zero-order chi connectivity index (χ0) is 14.5. The summed E-state index contributed by atoms with van der Waals surface area (Å²) in [6.07, 6.45) is 3.53. The lowest BCUT2D eigenvalue weighted by atomic mass is 10.2. The van der Waals surface area contributed by atoms with Gasteiger partial charge in [0.25, 0.3) is 5.91 Å². The Kier molecular flexibility index (Phi) is 4.55. The quantitative estimate of drug-likeness (QED) is 0.878. The van der Waals surface area contributed by atoms with Crippen molar-refractivity contribution in [2.75, 3.05) is 0 Å². The number of nitrogens with zero attached hydrogens (tertiary/aromatic N) is 3. The highest BCUT2D eigenvalue weighted by Crippen LogP contribution is 2.09. The molecule has 2 aromatic heterocycles. The number of hydrogen-bond donors (Lipinski definition) is 1. The van der Waals surface area contributed by atoms with Crippen LogP contribution in [0.25, 0.3) is 0 Å². The molecule has 0 fully saturated rings. The summed E-state index contributed by atoms with van der Waals surface area (Å²) >= 11 is 0. The predicted octanol–water partition coefficient (Wildman–Crippen LogP) is 2.33. The smallest absolute Gasteiger partial charge is 0.269 e. The van der Waals surface area contributed by atoms with Gasteiger partial charge >= 0.3 is 0 Å². The number of carbonyl (C=O) groups excluding carboxylic acids is 1. The molecule has 0 unspecified atom stereocenters. The van der Waals surface area contributed by atoms with Crippen LogP contribution in [0.1, 0.15) is 55.2 Å². The molecule has 108 valence electrons. The van der Waals surface area contributed by atoms with E-state index in [1.807, 2.05) is 19.9 Å². The van der Waals surface area contributed by atoms with Crippen LogP contribution in [0.4, 0.5) is 0 Å². The molecule has 2 aromatic rings. The average Bonchev–Trinajstić information content (AvgIpc) is 3.05. The standard InChI is InChI=1S/C14H20N4O2/c1-4-5-11-8-12(20-17-11)9-15-14(19)13-6-7-16-18(13)10(2)3/h6-8,10H,4-5,9H2,1-3H3,(H,15,19). The first-order chi connectivity index (χ1) is 9.61. The van der Waals surface area contributed by atoms with Gasteiger partial charge in [-0.15, -0.1) is 0 Å². The van der Waals surface area contributed by atoms with Crippen molar-refractivity contribution in [3.63, 3.8) is 0 Å². The van der Waals surface area contributed by atoms with Crippen LogP contribution in [-0.4, -0.2) is 20.8 Å². The molecule has 6 heteroatoms. The second-order valence-electron chi connectivity index (χ2n) is 4.97. The summed E-state index contributed by atoms with van der Waals surface area (Å²) in [4.78, 5) is 12.1. The van der Waals surface area contributed by atoms with Gasteiger partial charge < -0.3 is 9.84 Å². The van der Waals surface area contributed by atoms with Crippen LogP contribution < -0.4 is 5.32 Å². The van der Waals surface area contributed by atoms with Gasteiger partial charge in [-0.25, -0.2) is 0 Å². The molecule has 0 aliphatic carbocycles. The zero-order valence-corrected chi connectivity index (χ0v) is 12.1. The van der Waals surface area contributed by atoms with E-state index in [-0.39, 0.29) is 11.9 Å². The summed E-state index contributed by atoms with van der Waals surface area (Å²) in [6, 6.07) is 3.73. The van der Waals surface area contributed by atoms with E-state index in [4.69, 9.17) is 4.52 Å². The first-order valence-electron chi connectivity index (χ1n) is 6.88. The number of aryl methyl sites for hydroxylation is 1. The average molecular weight is 276 g/mol. The molecule has 0 aliphatic rings. The van der Waals surface area contributed by atoms with Crippen molar-refractivity contribution in [2.45, 2.75) is 46.2 Å². The van der Waals surface area contributed by atoms with E-state index in [1.165, 1.54) is 0 Å². The molecule has 6 nitrogen and oxygen atoms in total. The minimum Gasteiger partial charge on any atom is -0.359 e. The Hall–Kier alpha value is -2.11. The molecule has 0 atom stereocenters. The molecule has 1 amide bonds. The molecular weight excluding hydrogens is 256 g/mol. The normalized spacial score (nSPS) is 11.0. The van der Waals surface area contributed by atoms with Crippen LogP contribution in [-0.2, 0) is 13.0 Å². The third-order valence-electron chi connectivity index (χ3n) is 2.93. The maximum Gasteiger partial charge on any atom is 0.269 e. The maximum absolute atomic E-state index is 12.1. The second-order valence-corrected chi connectivity index (χ2v) is 4.97. The fourth-order valence-electron chi connectivity index (χ4n) is 1.98. The van der Waals surface area contributed by atoms with Crippen LogP contribution in [0.15, 0.2) is 22.9 Å². The molecule has 0 spiro atoms. The van der Waals surface area contributed by atoms with Crippen molar-refractivity contribution in [2.24, 2.45) is 0 Å². The van der Waals surface area contributed by atoms with Crippen LogP contribution in [0.5, 0.6) is 0 Å². The van der Waals surface area contributed by atoms with Crippen molar-refractivity contribution in [1.29, 1.82) is 0 Å². The molecule has 0 aliphatic heterocycles. The molecule has 0 aromatic carbocycles. The lowest BCUT2D eigenvalue weighted by Gasteiger charge is -2.10. The van der Waals surface area contributed by atoms with Crippen LogP contribution in [0.3, 0.4) is 0 Å². The van der Waals surface area contributed by atoms with Gasteiger partial charge in [-0.3, -0.25) is 9.48 Å². The van der Waals surface area contributed by atoms with E-state index in [0.717, 1.165) is 18.5 Å². The monoisotopic (exact) mass is 276 g/mol. The van der Waals surface area contributed by atoms with Gasteiger partial charge in [0.2, 0.25) is 0 Å². The van der Waals surface area contributed by atoms with Crippen LogP contribution in [0.2, 0.25) is 0 Å². The number of amides is 1. The van der Waals surface area contributed by atoms with Gasteiger partial charge in [0, 0.05) is 18.3 Å². The summed E-state index contributed by atoms with van der Waals surface area (Å²) in [5.74, 6) is 0.502. The minimum absolute atomic E-state index is 0.146. The Morgan fingerprint density at radius 2 is 2.30 bits per heavy atom. The molecule has 0 radical (unpaired) electrons. The fourth-order valence-corrected chi connectivity index (χ4v) is 1.98. The highest BCUT2D eigenvalue weighted by molar-refractivity contribution is 5.92. The SMILES string of the molecule is CCCc1cc(CNC(=O)c2ccnn2C(C)C)on1. The topological polar surface area (TPSA) is 73.0 Å². The van der Waals surface area contributed by atoms with E-state index in [0.29, 0.717) is 18.0 Å². The summed E-state index contributed by atoms with van der Waals surface area (Å²) in [6.45, 7) is 6.39. The molecule has 0 saturated heterocycles. The Balaban J connectivity index is 1.96. The second kappa shape index (κ2) is 6.36. The third-order valence-corrected chi connectivity index (χ3v) is 2.93. The van der Waals surface area contributed by atoms with Gasteiger partial charge in [0.1, 0.15) is 5.69 Å². The molecular formula is C14H20N4O2. The Morgan fingerprint density at radius 1 is 1.50 bits per heavy atom. The Morgan fingerprint density at radius 3 is 3.00 bits per heavy atom. The van der Waals surface area contributed by atoms with E-state index >= 15 is 0 Å². The first kappa shape index (κ1) is 14.3. The number of hydrogen-bond acceptors (Lipinski definition) is 4. The maximum atomic E-state index is 12.1. The van der Waals surface area contributed by atoms with E-state index in [9.17, 15) is 4.79 Å². The fraction of sp³-hybridized carbons (Fsp3) is 0.500. The highest BCUT2D eigenvalue weighted by atomic mass is 16.5. The van der Waals surface area contributed by atoms with Gasteiger partial charge in [-0.2, -0.15) is 5.10 Å². The Labute approximate surface area is 118 Å². The lowest BCUT2D eigenvalue weighted by molar-refractivity contribution is 0.0934. The molecule has 0 bridgehead atoms. The molecule has 20 heavy (non-hydrogen) atoms. The summed E-state index contributed by atoms with van der Waals surface area (Å²) in [5.41, 5.74) is 1.47. The van der Waals surface area contributed by atoms with Gasteiger partial charge in [-0.05, 0) is 26.3 Å². The minimum atomic E-state index is -0.162. The number of aromatic nitrogens is 3. The van der Waals surface area contributed by atoms with Crippen LogP contribution >= 0.6 is 0 Å². The predicted molar refractivity (Wildman–Crippen MR) is 74.3 cm³/mol. The van der Waals surface area contributed by atoms with E-state index < -0.39 is 0 Å². The number of rotatable bonds is 6. The molecule has 0 saturated carbocycles. The Bertz CT molecular complexity index is 571. The van der Waals surface area contributed by atoms with Crippen LogP contribution in [0, 0.1) is 0 Å². The van der Waals surface area contributed by atoms with E-state index in [1.54, 1.807) is 16.9 Å². The largest absolute Gasteiger partial charge is 0.359 e. The number of carbonyl (C=O) groups is 1. The van der Waals surface area contributed by atoms with Crippen molar-refractivity contribution >= 4 is 5.91 Å². The molecule has 2 rings (SSSR count). The molecule has 1 N–H and O–H groups in total. The van der Waals surface area contributed by atoms with Crippen molar-refractivity contribution in [1.82, 2.24) is 20.3 Å². The van der Waals surface area contributed by atoms with Crippen molar-refractivity contribution < 1.29 is 9.32 Å². The summed E-state index contributed by atoms with van der Waals surface area (Å²) < 4.78 is 6.87. The third kappa shape index (κ3) is 3.26. The van der Waals surface area contributed by atoms with Gasteiger partial charge in [0.15, 0.2) is 5.76 Å². The van der Waals surface area contributed by atoms with Crippen molar-refractivity contribution in [3.05, 3.63) is 35.5 Å². The number of nitrogens with one attached hydrogen (secondary N) is 1. The summed E-state index contributed by atoms with van der Waals surface area (Å²) in [7, 11) is 0. The zero-order valence-electron chi connectivity index (χ0n) is 12.1. The highest BCUT2D eigenvalue weighted by Gasteiger charge is 2.14. The van der Waals surface area contributed by atoms with E-state index in [2.05, 4.69) is 22.5 Å². The lowest BCUT2D eigenvalue weighted by Crippen LogP contribution is -2.26. The summed E-state index contributed by atoms with van der Waals surface area (Å²) in [5, 5.41) is 10.9.